The van der Waals surface area contributed by atoms with E-state index < -0.39 is 60.6 Å². The Labute approximate surface area is 421 Å². The van der Waals surface area contributed by atoms with Gasteiger partial charge in [0.05, 0.1) is 52.9 Å². The number of hydrogen-bond donors (Lipinski definition) is 1. The topological polar surface area (TPSA) is 103 Å². The molecule has 9 rings (SSSR count). The van der Waals surface area contributed by atoms with Crippen molar-refractivity contribution in [2.45, 2.75) is 105 Å². The number of benzene rings is 7. The second kappa shape index (κ2) is 26.8. The zero-order valence-corrected chi connectivity index (χ0v) is 40.5. The van der Waals surface area contributed by atoms with Crippen LogP contribution in [0, 0.1) is 0 Å². The van der Waals surface area contributed by atoms with E-state index in [9.17, 15) is 5.11 Å². The van der Waals surface area contributed by atoms with E-state index in [1.165, 1.54) is 0 Å². The van der Waals surface area contributed by atoms with Gasteiger partial charge >= 0.3 is 0 Å². The lowest BCUT2D eigenvalue weighted by molar-refractivity contribution is -0.359. The lowest BCUT2D eigenvalue weighted by Crippen LogP contribution is -2.66. The van der Waals surface area contributed by atoms with Gasteiger partial charge in [0, 0.05) is 4.90 Å². The van der Waals surface area contributed by atoms with E-state index >= 15 is 0 Å². The third kappa shape index (κ3) is 14.6. The highest BCUT2D eigenvalue weighted by molar-refractivity contribution is 7.99. The molecule has 2 saturated heterocycles. The van der Waals surface area contributed by atoms with Crippen molar-refractivity contribution in [2.24, 2.45) is 0 Å². The van der Waals surface area contributed by atoms with E-state index in [0.717, 1.165) is 38.3 Å². The van der Waals surface area contributed by atoms with Gasteiger partial charge in [-0.2, -0.15) is 0 Å². The minimum Gasteiger partial charge on any atom is -0.394 e. The van der Waals surface area contributed by atoms with Crippen LogP contribution in [0.3, 0.4) is 0 Å². The van der Waals surface area contributed by atoms with Gasteiger partial charge in [-0.25, -0.2) is 0 Å². The molecule has 368 valence electrons. The zero-order valence-electron chi connectivity index (χ0n) is 39.7. The number of aliphatic hydroxyl groups excluding tert-OH is 1. The lowest BCUT2D eigenvalue weighted by atomic mass is 9.96. The van der Waals surface area contributed by atoms with Crippen LogP contribution in [0.25, 0.3) is 0 Å². The quantitative estimate of drug-likeness (QED) is 0.0626. The number of hydrogen-bond acceptors (Lipinski definition) is 11. The fraction of sp³-hybridized carbons (Fsp3) is 0.300. The molecule has 2 aliphatic heterocycles. The van der Waals surface area contributed by atoms with Gasteiger partial charge in [0.15, 0.2) is 6.29 Å². The largest absolute Gasteiger partial charge is 0.394 e. The SMILES string of the molecule is OC[C@H]1O[C@@H](O[C@H]2[C@H](OCc3ccccc3)[C@@H](OCc3ccccc3)[C@H](Sc3ccccc3)O[C@@H]2COCc2ccccc2)[C@H](OCc2ccccc2)[C@@H](OCc2ccccc2)[C@@H]1OCc1ccccc1. The predicted molar refractivity (Wildman–Crippen MR) is 273 cm³/mol. The summed E-state index contributed by atoms with van der Waals surface area (Å²) < 4.78 is 63.0. The number of thioether (sulfide) groups is 1. The van der Waals surface area contributed by atoms with Crippen molar-refractivity contribution < 1.29 is 47.7 Å². The molecule has 0 unspecified atom stereocenters. The molecule has 2 heterocycles. The van der Waals surface area contributed by atoms with Crippen molar-refractivity contribution in [3.8, 4) is 0 Å². The summed E-state index contributed by atoms with van der Waals surface area (Å²) in [6, 6.07) is 70.2. The average Bonchev–Trinajstić information content (AvgIpc) is 3.43. The van der Waals surface area contributed by atoms with Crippen molar-refractivity contribution >= 4 is 11.8 Å². The first-order valence-corrected chi connectivity index (χ1v) is 25.2. The zero-order chi connectivity index (χ0) is 48.3. The van der Waals surface area contributed by atoms with Crippen LogP contribution in [0.4, 0.5) is 0 Å². The van der Waals surface area contributed by atoms with Crippen LogP contribution in [-0.2, 0) is 82.3 Å². The first kappa shape index (κ1) is 50.4. The Morgan fingerprint density at radius 1 is 0.352 bits per heavy atom. The lowest BCUT2D eigenvalue weighted by Gasteiger charge is -2.50. The third-order valence-corrected chi connectivity index (χ3v) is 13.6. The van der Waals surface area contributed by atoms with Gasteiger partial charge in [0.25, 0.3) is 0 Å². The fourth-order valence-corrected chi connectivity index (χ4v) is 9.98. The van der Waals surface area contributed by atoms with Crippen molar-refractivity contribution in [3.63, 3.8) is 0 Å². The van der Waals surface area contributed by atoms with E-state index in [1.54, 1.807) is 11.8 Å². The van der Waals surface area contributed by atoms with Gasteiger partial charge < -0.3 is 47.7 Å². The van der Waals surface area contributed by atoms with E-state index in [2.05, 4.69) is 12.1 Å². The summed E-state index contributed by atoms with van der Waals surface area (Å²) in [5.74, 6) is 0. The van der Waals surface area contributed by atoms with E-state index in [-0.39, 0.29) is 39.6 Å². The molecule has 10 atom stereocenters. The van der Waals surface area contributed by atoms with Gasteiger partial charge in [-0.15, -0.1) is 0 Å². The fourth-order valence-electron chi connectivity index (χ4n) is 8.83. The van der Waals surface area contributed by atoms with Crippen LogP contribution >= 0.6 is 11.8 Å². The first-order valence-electron chi connectivity index (χ1n) is 24.3. The molecule has 0 radical (unpaired) electrons. The van der Waals surface area contributed by atoms with Crippen LogP contribution < -0.4 is 0 Å². The minimum absolute atomic E-state index is 0.143. The molecule has 7 aromatic carbocycles. The maximum absolute atomic E-state index is 11.3. The predicted octanol–water partition coefficient (Wildman–Crippen LogP) is 10.7. The van der Waals surface area contributed by atoms with Gasteiger partial charge in [0.2, 0.25) is 0 Å². The molecule has 71 heavy (non-hydrogen) atoms. The van der Waals surface area contributed by atoms with Crippen molar-refractivity contribution in [1.82, 2.24) is 0 Å². The highest BCUT2D eigenvalue weighted by Gasteiger charge is 2.54. The Morgan fingerprint density at radius 2 is 0.704 bits per heavy atom. The van der Waals surface area contributed by atoms with Crippen LogP contribution in [-0.4, -0.2) is 78.9 Å². The summed E-state index contributed by atoms with van der Waals surface area (Å²) in [6.07, 6.45) is -7.45. The Bertz CT molecular complexity index is 2530. The van der Waals surface area contributed by atoms with Gasteiger partial charge in [-0.3, -0.25) is 0 Å². The van der Waals surface area contributed by atoms with E-state index in [4.69, 9.17) is 42.6 Å². The summed E-state index contributed by atoms with van der Waals surface area (Å²) in [5, 5.41) is 11.3. The summed E-state index contributed by atoms with van der Waals surface area (Å²) >= 11 is 1.57. The molecular weight excluding hydrogens is 913 g/mol. The van der Waals surface area contributed by atoms with E-state index in [1.807, 2.05) is 200 Å². The second-order valence-corrected chi connectivity index (χ2v) is 18.8. The molecule has 11 heteroatoms. The molecule has 0 bridgehead atoms. The van der Waals surface area contributed by atoms with Crippen molar-refractivity contribution in [1.29, 1.82) is 0 Å². The van der Waals surface area contributed by atoms with Crippen LogP contribution in [0.1, 0.15) is 33.4 Å². The molecule has 2 aliphatic rings. The van der Waals surface area contributed by atoms with Crippen molar-refractivity contribution in [3.05, 3.63) is 246 Å². The smallest absolute Gasteiger partial charge is 0.187 e. The maximum atomic E-state index is 11.3. The molecule has 0 aromatic heterocycles. The minimum atomic E-state index is -1.13. The molecule has 1 N–H and O–H groups in total. The molecule has 7 aromatic rings. The number of rotatable bonds is 24. The Morgan fingerprint density at radius 3 is 1.13 bits per heavy atom. The molecule has 0 aliphatic carbocycles. The highest BCUT2D eigenvalue weighted by atomic mass is 32.2. The van der Waals surface area contributed by atoms with Crippen LogP contribution in [0.2, 0.25) is 0 Å². The average molecular weight is 975 g/mol. The summed E-state index contributed by atoms with van der Waals surface area (Å²) in [5.41, 5.74) is 5.32. The number of aliphatic hydroxyl groups is 1. The second-order valence-electron chi connectivity index (χ2n) is 17.6. The molecule has 0 spiro atoms. The van der Waals surface area contributed by atoms with Gasteiger partial charge in [0.1, 0.15) is 54.3 Å². The number of ether oxygens (including phenoxy) is 9. The van der Waals surface area contributed by atoms with Crippen LogP contribution in [0.5, 0.6) is 0 Å². The Balaban J connectivity index is 1.11. The molecule has 2 fully saturated rings. The maximum Gasteiger partial charge on any atom is 0.187 e. The first-order chi connectivity index (χ1) is 35.2. The highest BCUT2D eigenvalue weighted by Crippen LogP contribution is 2.40. The summed E-state index contributed by atoms with van der Waals surface area (Å²) in [7, 11) is 0. The monoisotopic (exact) mass is 974 g/mol. The normalized spacial score (nSPS) is 24.4. The van der Waals surface area contributed by atoms with E-state index in [0.29, 0.717) is 13.2 Å². The molecule has 10 nitrogen and oxygen atoms in total. The molecule has 0 saturated carbocycles. The third-order valence-electron chi connectivity index (χ3n) is 12.5. The van der Waals surface area contributed by atoms with Gasteiger partial charge in [-0.05, 0) is 45.5 Å². The van der Waals surface area contributed by atoms with Crippen molar-refractivity contribution in [2.75, 3.05) is 13.2 Å². The molecular formula is C60H62O10S. The molecule has 0 amide bonds. The Kier molecular flexibility index (Phi) is 19.0. The standard InChI is InChI=1S/C60H62O10S/c61-36-51-53(63-38-45-24-10-2-11-25-45)55(64-39-46-26-12-3-13-27-46)57(66-41-48-30-16-5-17-31-48)59(68-51)70-54-52(43-62-37-44-22-8-1-9-23-44)69-60(71-50-34-20-7-21-35-50)58(67-42-49-32-18-6-19-33-49)56(54)65-40-47-28-14-4-15-29-47/h1-35,51-61H,36-43H2/t51-,52-,53-,54-,55+,56+,57-,58-,59+,60+/m1/s1. The van der Waals surface area contributed by atoms with Gasteiger partial charge in [-0.1, -0.05) is 212 Å². The summed E-state index contributed by atoms with van der Waals surface area (Å²) in [4.78, 5) is 1.01. The van der Waals surface area contributed by atoms with Crippen LogP contribution in [0.15, 0.2) is 217 Å². The summed E-state index contributed by atoms with van der Waals surface area (Å²) in [6.45, 7) is 1.36. The Hall–Kier alpha value is -5.51.